The molecule has 2 aromatic rings. The summed E-state index contributed by atoms with van der Waals surface area (Å²) in [6.07, 6.45) is 0.750. The first-order chi connectivity index (χ1) is 18.1. The van der Waals surface area contributed by atoms with Gasteiger partial charge in [-0.15, -0.1) is 0 Å². The largest absolute Gasteiger partial charge is 0.463 e. The lowest BCUT2D eigenvalue weighted by Crippen LogP contribution is -2.27. The number of hydrogen-bond donors (Lipinski definition) is 1. The molecular weight excluding hydrogens is 617 g/mol. The van der Waals surface area contributed by atoms with Crippen molar-refractivity contribution in [2.45, 2.75) is 31.7 Å². The van der Waals surface area contributed by atoms with Crippen LogP contribution in [0, 0.1) is 40.1 Å². The molecule has 0 bridgehead atoms. The molecule has 1 atom stereocenters. The Bertz CT molecular complexity index is 1360. The van der Waals surface area contributed by atoms with E-state index in [0.29, 0.717) is 10.6 Å². The molecule has 3 rings (SSSR count). The maximum Gasteiger partial charge on any atom is 0.338 e. The molecule has 0 aliphatic carbocycles. The van der Waals surface area contributed by atoms with Gasteiger partial charge < -0.3 is 20.1 Å². The topological polar surface area (TPSA) is 142 Å². The Labute approximate surface area is 240 Å². The Morgan fingerprint density at radius 2 is 1.95 bits per heavy atom. The average Bonchev–Trinajstić information content (AvgIpc) is 2.87. The molecule has 0 fully saturated rings. The van der Waals surface area contributed by atoms with Gasteiger partial charge >= 0.3 is 5.97 Å². The van der Waals surface area contributed by atoms with Gasteiger partial charge in [-0.2, -0.15) is 10.5 Å². The molecule has 198 valence electrons. The first kappa shape index (κ1) is 30.7. The minimum Gasteiger partial charge on any atom is -0.463 e. The summed E-state index contributed by atoms with van der Waals surface area (Å²) in [6.45, 7) is 5.59. The molecule has 1 unspecified atom stereocenters. The van der Waals surface area contributed by atoms with Crippen LogP contribution in [0.4, 0.5) is 0 Å². The van der Waals surface area contributed by atoms with Crippen LogP contribution in [0.15, 0.2) is 58.1 Å². The molecule has 0 radical (unpaired) electrons. The highest BCUT2D eigenvalue weighted by atomic mass is 127. The third-order valence-corrected chi connectivity index (χ3v) is 7.14. The molecule has 0 saturated carbocycles. The molecule has 2 heterocycles. The van der Waals surface area contributed by atoms with Crippen LogP contribution in [0.2, 0.25) is 0 Å². The molecule has 1 aliphatic rings. The fourth-order valence-electron chi connectivity index (χ4n) is 3.55. The van der Waals surface area contributed by atoms with Crippen LogP contribution < -0.4 is 5.73 Å². The van der Waals surface area contributed by atoms with Gasteiger partial charge in [-0.25, -0.2) is 9.78 Å². The Morgan fingerprint density at radius 1 is 1.29 bits per heavy atom. The lowest BCUT2D eigenvalue weighted by molar-refractivity contribution is -0.139. The molecule has 1 aromatic heterocycles. The van der Waals surface area contributed by atoms with Crippen LogP contribution in [-0.4, -0.2) is 48.7 Å². The minimum atomic E-state index is -0.728. The molecule has 1 aliphatic heterocycles. The number of carbonyl (C=O) groups excluding carboxylic acids is 2. The molecule has 38 heavy (non-hydrogen) atoms. The molecular formula is C27H28IN5O4S. The maximum absolute atomic E-state index is 13.1. The van der Waals surface area contributed by atoms with Crippen LogP contribution in [0.5, 0.6) is 0 Å². The first-order valence-corrected chi connectivity index (χ1v) is 13.5. The van der Waals surface area contributed by atoms with E-state index in [-0.39, 0.29) is 35.1 Å². The average molecular weight is 646 g/mol. The molecule has 11 heteroatoms. The highest BCUT2D eigenvalue weighted by molar-refractivity contribution is 14.1. The summed E-state index contributed by atoms with van der Waals surface area (Å²) in [6, 6.07) is 13.6. The smallest absolute Gasteiger partial charge is 0.338 e. The van der Waals surface area contributed by atoms with Gasteiger partial charge in [0.15, 0.2) is 0 Å². The van der Waals surface area contributed by atoms with Gasteiger partial charge in [0.05, 0.1) is 29.4 Å². The van der Waals surface area contributed by atoms with Gasteiger partial charge in [-0.1, -0.05) is 30.0 Å². The predicted octanol–water partition coefficient (Wildman–Crippen LogP) is 4.30. The SMILES string of the molecule is CCOC(=O)C1=C(CSc2nc(C)cc(C)c2C#N)OC(N)=C(C#N)C1c1ccccc1I.CN(C)C=O. The van der Waals surface area contributed by atoms with Crippen LogP contribution in [0.3, 0.4) is 0 Å². The standard InChI is InChI=1S/C24H21IN4O3S.C3H7NO/c1-4-31-24(30)21-19(12-33-23-16(10-26)13(2)9-14(3)29-23)32-22(28)17(11-27)20(21)15-7-5-6-8-18(15)25;1-4(2)3-5/h5-9,20H,4,12,28H2,1-3H3;3H,1-2H3. The Balaban J connectivity index is 0.000000926. The monoisotopic (exact) mass is 645 g/mol. The predicted molar refractivity (Wildman–Crippen MR) is 152 cm³/mol. The van der Waals surface area contributed by atoms with E-state index in [4.69, 9.17) is 15.2 Å². The Hall–Kier alpha value is -3.55. The van der Waals surface area contributed by atoms with Crippen molar-refractivity contribution in [2.75, 3.05) is 26.5 Å². The zero-order valence-corrected chi connectivity index (χ0v) is 24.7. The molecule has 2 N–H and O–H groups in total. The molecule has 0 spiro atoms. The van der Waals surface area contributed by atoms with Crippen molar-refractivity contribution in [1.82, 2.24) is 9.88 Å². The highest BCUT2D eigenvalue weighted by Crippen LogP contribution is 2.42. The summed E-state index contributed by atoms with van der Waals surface area (Å²) in [4.78, 5) is 28.5. The van der Waals surface area contributed by atoms with E-state index in [1.165, 1.54) is 16.7 Å². The first-order valence-electron chi connectivity index (χ1n) is 11.4. The molecule has 1 aromatic carbocycles. The van der Waals surface area contributed by atoms with Crippen molar-refractivity contribution in [3.63, 3.8) is 0 Å². The summed E-state index contributed by atoms with van der Waals surface area (Å²) < 4.78 is 12.0. The summed E-state index contributed by atoms with van der Waals surface area (Å²) in [5.74, 6) is -0.900. The van der Waals surface area contributed by atoms with Gasteiger partial charge in [0.25, 0.3) is 0 Å². The van der Waals surface area contributed by atoms with E-state index in [1.54, 1.807) is 21.0 Å². The lowest BCUT2D eigenvalue weighted by Gasteiger charge is -2.28. The Kier molecular flexibility index (Phi) is 11.6. The van der Waals surface area contributed by atoms with Crippen LogP contribution in [0.1, 0.15) is 35.2 Å². The Morgan fingerprint density at radius 3 is 2.50 bits per heavy atom. The van der Waals surface area contributed by atoms with Gasteiger partial charge in [0, 0.05) is 23.4 Å². The quantitative estimate of drug-likeness (QED) is 0.202. The fraction of sp³-hybridized carbons (Fsp3) is 0.296. The van der Waals surface area contributed by atoms with Crippen LogP contribution in [-0.2, 0) is 19.1 Å². The normalized spacial score (nSPS) is 14.4. The number of esters is 1. The van der Waals surface area contributed by atoms with Gasteiger partial charge in [-0.05, 0) is 66.6 Å². The van der Waals surface area contributed by atoms with Crippen LogP contribution >= 0.6 is 34.4 Å². The molecule has 9 nitrogen and oxygen atoms in total. The van der Waals surface area contributed by atoms with Crippen molar-refractivity contribution < 1.29 is 19.1 Å². The van der Waals surface area contributed by atoms with E-state index < -0.39 is 11.9 Å². The zero-order chi connectivity index (χ0) is 28.4. The number of aromatic nitrogens is 1. The number of amides is 1. The number of ether oxygens (including phenoxy) is 2. The zero-order valence-electron chi connectivity index (χ0n) is 21.7. The van der Waals surface area contributed by atoms with E-state index in [0.717, 1.165) is 26.8 Å². The molecule has 0 saturated heterocycles. The second kappa shape index (κ2) is 14.4. The second-order valence-electron chi connectivity index (χ2n) is 8.23. The van der Waals surface area contributed by atoms with E-state index in [9.17, 15) is 20.1 Å². The van der Waals surface area contributed by atoms with E-state index in [2.05, 4.69) is 39.7 Å². The summed E-state index contributed by atoms with van der Waals surface area (Å²) in [5.41, 5.74) is 9.33. The number of nitrogens with zero attached hydrogens (tertiary/aromatic N) is 4. The highest BCUT2D eigenvalue weighted by Gasteiger charge is 2.38. The van der Waals surface area contributed by atoms with Gasteiger partial charge in [0.2, 0.25) is 12.3 Å². The number of aryl methyl sites for hydroxylation is 2. The number of hydrogen-bond acceptors (Lipinski definition) is 9. The van der Waals surface area contributed by atoms with Crippen molar-refractivity contribution in [3.05, 3.63) is 79.1 Å². The third kappa shape index (κ3) is 7.49. The number of thioether (sulfide) groups is 1. The third-order valence-electron chi connectivity index (χ3n) is 5.18. The number of benzene rings is 1. The molecule has 1 amide bonds. The maximum atomic E-state index is 13.1. The number of nitrogens with two attached hydrogens (primary N) is 1. The van der Waals surface area contributed by atoms with Crippen molar-refractivity contribution in [2.24, 2.45) is 5.73 Å². The summed E-state index contributed by atoms with van der Waals surface area (Å²) in [7, 11) is 3.38. The van der Waals surface area contributed by atoms with E-state index in [1.807, 2.05) is 44.2 Å². The summed E-state index contributed by atoms with van der Waals surface area (Å²) >= 11 is 3.44. The van der Waals surface area contributed by atoms with Crippen molar-refractivity contribution in [1.29, 1.82) is 10.5 Å². The van der Waals surface area contributed by atoms with Crippen molar-refractivity contribution in [3.8, 4) is 12.1 Å². The number of pyridine rings is 1. The summed E-state index contributed by atoms with van der Waals surface area (Å²) in [5, 5.41) is 20.0. The number of rotatable bonds is 7. The van der Waals surface area contributed by atoms with Crippen LogP contribution in [0.25, 0.3) is 0 Å². The number of halogens is 1. The van der Waals surface area contributed by atoms with Crippen molar-refractivity contribution >= 4 is 46.7 Å². The number of allylic oxidation sites excluding steroid dienone is 1. The van der Waals surface area contributed by atoms with E-state index >= 15 is 0 Å². The fourth-order valence-corrected chi connectivity index (χ4v) is 5.30. The lowest BCUT2D eigenvalue weighted by atomic mass is 9.83. The minimum absolute atomic E-state index is 0.0558. The van der Waals surface area contributed by atoms with Gasteiger partial charge in [0.1, 0.15) is 28.5 Å². The number of nitriles is 2. The number of carbonyl (C=O) groups is 2. The van der Waals surface area contributed by atoms with Gasteiger partial charge in [-0.3, -0.25) is 4.79 Å². The second-order valence-corrected chi connectivity index (χ2v) is 10.4.